The maximum absolute atomic E-state index is 13.0. The Morgan fingerprint density at radius 3 is 2.00 bits per heavy atom. The molecule has 0 amide bonds. The van der Waals surface area contributed by atoms with Crippen molar-refractivity contribution in [2.24, 2.45) is 0 Å². The Kier molecular flexibility index (Phi) is 5.85. The lowest BCUT2D eigenvalue weighted by atomic mass is 9.88. The van der Waals surface area contributed by atoms with E-state index in [1.54, 1.807) is 60.7 Å². The van der Waals surface area contributed by atoms with Crippen molar-refractivity contribution in [1.29, 1.82) is 5.26 Å². The van der Waals surface area contributed by atoms with Crippen LogP contribution in [0, 0.1) is 18.3 Å². The van der Waals surface area contributed by atoms with E-state index in [4.69, 9.17) is 11.6 Å². The SMILES string of the molecule is Cc1ccc(S(=O)(=O)NC(c2ccccc2)C(Cl)(C#N)c2ccccc2)cc1. The lowest BCUT2D eigenvalue weighted by Gasteiger charge is -2.31. The van der Waals surface area contributed by atoms with Gasteiger partial charge in [-0.25, -0.2) is 13.1 Å². The molecule has 142 valence electrons. The summed E-state index contributed by atoms with van der Waals surface area (Å²) in [6.45, 7) is 1.88. The van der Waals surface area contributed by atoms with Gasteiger partial charge >= 0.3 is 0 Å². The van der Waals surface area contributed by atoms with Crippen LogP contribution in [0.3, 0.4) is 0 Å². The zero-order chi connectivity index (χ0) is 20.2. The second-order valence-corrected chi connectivity index (χ2v) is 8.78. The highest BCUT2D eigenvalue weighted by atomic mass is 35.5. The first-order valence-electron chi connectivity index (χ1n) is 8.66. The van der Waals surface area contributed by atoms with Crippen LogP contribution >= 0.6 is 11.6 Å². The molecular formula is C22H19ClN2O2S. The van der Waals surface area contributed by atoms with Crippen molar-refractivity contribution >= 4 is 21.6 Å². The Morgan fingerprint density at radius 1 is 0.929 bits per heavy atom. The summed E-state index contributed by atoms with van der Waals surface area (Å²) < 4.78 is 28.7. The molecule has 0 aliphatic carbocycles. The fraction of sp³-hybridized carbons (Fsp3) is 0.136. The number of nitriles is 1. The van der Waals surface area contributed by atoms with Crippen molar-refractivity contribution in [2.75, 3.05) is 0 Å². The molecule has 0 fully saturated rings. The van der Waals surface area contributed by atoms with E-state index in [9.17, 15) is 13.7 Å². The van der Waals surface area contributed by atoms with Crippen molar-refractivity contribution < 1.29 is 8.42 Å². The number of benzene rings is 3. The molecule has 0 saturated carbocycles. The number of hydrogen-bond donors (Lipinski definition) is 1. The van der Waals surface area contributed by atoms with Gasteiger partial charge in [-0.1, -0.05) is 90.0 Å². The minimum Gasteiger partial charge on any atom is -0.207 e. The van der Waals surface area contributed by atoms with E-state index >= 15 is 0 Å². The van der Waals surface area contributed by atoms with Gasteiger partial charge in [0, 0.05) is 0 Å². The number of nitrogens with zero attached hydrogens (tertiary/aromatic N) is 1. The van der Waals surface area contributed by atoms with E-state index < -0.39 is 20.9 Å². The molecule has 0 radical (unpaired) electrons. The molecule has 0 aromatic heterocycles. The van der Waals surface area contributed by atoms with Gasteiger partial charge in [0.2, 0.25) is 10.0 Å². The number of sulfonamides is 1. The topological polar surface area (TPSA) is 70.0 Å². The highest BCUT2D eigenvalue weighted by molar-refractivity contribution is 7.89. The second-order valence-electron chi connectivity index (χ2n) is 6.47. The predicted octanol–water partition coefficient (Wildman–Crippen LogP) is 4.67. The summed E-state index contributed by atoms with van der Waals surface area (Å²) in [7, 11) is -3.91. The second kappa shape index (κ2) is 8.15. The van der Waals surface area contributed by atoms with Gasteiger partial charge in [-0.3, -0.25) is 0 Å². The van der Waals surface area contributed by atoms with Gasteiger partial charge in [0.25, 0.3) is 0 Å². The molecule has 4 nitrogen and oxygen atoms in total. The number of alkyl halides is 1. The fourth-order valence-corrected chi connectivity index (χ4v) is 4.57. The monoisotopic (exact) mass is 410 g/mol. The highest BCUT2D eigenvalue weighted by Gasteiger charge is 2.42. The normalized spacial score (nSPS) is 14.6. The molecule has 3 aromatic carbocycles. The summed E-state index contributed by atoms with van der Waals surface area (Å²) in [4.78, 5) is -1.51. The molecule has 0 aliphatic rings. The molecule has 1 N–H and O–H groups in total. The van der Waals surface area contributed by atoms with Crippen molar-refractivity contribution in [1.82, 2.24) is 4.72 Å². The molecule has 2 atom stereocenters. The summed E-state index contributed by atoms with van der Waals surface area (Å²) in [5.41, 5.74) is 2.06. The Labute approximate surface area is 170 Å². The molecule has 0 saturated heterocycles. The van der Waals surface area contributed by atoms with E-state index in [2.05, 4.69) is 10.8 Å². The third-order valence-electron chi connectivity index (χ3n) is 4.49. The van der Waals surface area contributed by atoms with Crippen LogP contribution in [0.4, 0.5) is 0 Å². The zero-order valence-electron chi connectivity index (χ0n) is 15.2. The Hall–Kier alpha value is -2.65. The molecule has 3 aromatic rings. The fourth-order valence-electron chi connectivity index (χ4n) is 2.94. The molecule has 0 bridgehead atoms. The van der Waals surface area contributed by atoms with Gasteiger partial charge in [0.05, 0.1) is 17.0 Å². The van der Waals surface area contributed by atoms with Gasteiger partial charge in [-0.2, -0.15) is 5.26 Å². The lowest BCUT2D eigenvalue weighted by Crippen LogP contribution is -2.40. The quantitative estimate of drug-likeness (QED) is 0.600. The van der Waals surface area contributed by atoms with E-state index in [0.717, 1.165) is 5.56 Å². The summed E-state index contributed by atoms with van der Waals surface area (Å²) in [6, 6.07) is 25.3. The van der Waals surface area contributed by atoms with E-state index in [-0.39, 0.29) is 4.90 Å². The molecule has 0 heterocycles. The number of hydrogen-bond acceptors (Lipinski definition) is 3. The third kappa shape index (κ3) is 4.10. The minimum atomic E-state index is -3.91. The van der Waals surface area contributed by atoms with Crippen molar-refractivity contribution in [3.05, 3.63) is 102 Å². The minimum absolute atomic E-state index is 0.115. The van der Waals surface area contributed by atoms with Crippen molar-refractivity contribution in [3.8, 4) is 6.07 Å². The molecule has 0 spiro atoms. The standard InChI is InChI=1S/C22H19ClN2O2S/c1-17-12-14-20(15-13-17)28(26,27)25-21(18-8-4-2-5-9-18)22(23,16-24)19-10-6-3-7-11-19/h2-15,21,25H,1H3. The van der Waals surface area contributed by atoms with Crippen LogP contribution in [0.15, 0.2) is 89.8 Å². The van der Waals surface area contributed by atoms with Crippen LogP contribution < -0.4 is 4.72 Å². The van der Waals surface area contributed by atoms with Gasteiger partial charge in [-0.05, 0) is 30.2 Å². The van der Waals surface area contributed by atoms with Crippen LogP contribution in [0.2, 0.25) is 0 Å². The van der Waals surface area contributed by atoms with E-state index in [0.29, 0.717) is 11.1 Å². The first kappa shape index (κ1) is 20.1. The van der Waals surface area contributed by atoms with Gasteiger partial charge < -0.3 is 0 Å². The predicted molar refractivity (Wildman–Crippen MR) is 110 cm³/mol. The number of halogens is 1. The average molecular weight is 411 g/mol. The van der Waals surface area contributed by atoms with E-state index in [1.165, 1.54) is 12.1 Å². The molecule has 3 rings (SSSR count). The maximum Gasteiger partial charge on any atom is 0.241 e. The lowest BCUT2D eigenvalue weighted by molar-refractivity contribution is 0.514. The molecule has 6 heteroatoms. The Morgan fingerprint density at radius 2 is 1.46 bits per heavy atom. The van der Waals surface area contributed by atoms with Crippen LogP contribution in [0.5, 0.6) is 0 Å². The zero-order valence-corrected chi connectivity index (χ0v) is 16.8. The summed E-state index contributed by atoms with van der Waals surface area (Å²) in [6.07, 6.45) is 0. The van der Waals surface area contributed by atoms with Crippen LogP contribution in [0.1, 0.15) is 22.7 Å². The van der Waals surface area contributed by atoms with Gasteiger partial charge in [-0.15, -0.1) is 0 Å². The van der Waals surface area contributed by atoms with Crippen LogP contribution in [-0.2, 0) is 14.9 Å². The van der Waals surface area contributed by atoms with E-state index in [1.807, 2.05) is 19.1 Å². The smallest absolute Gasteiger partial charge is 0.207 e. The Bertz CT molecular complexity index is 1080. The van der Waals surface area contributed by atoms with Crippen LogP contribution in [0.25, 0.3) is 0 Å². The van der Waals surface area contributed by atoms with Crippen molar-refractivity contribution in [3.63, 3.8) is 0 Å². The molecule has 28 heavy (non-hydrogen) atoms. The molecular weight excluding hydrogens is 392 g/mol. The van der Waals surface area contributed by atoms with Crippen LogP contribution in [-0.4, -0.2) is 8.42 Å². The third-order valence-corrected chi connectivity index (χ3v) is 6.45. The number of aryl methyl sites for hydroxylation is 1. The molecule has 2 unspecified atom stereocenters. The molecule has 0 aliphatic heterocycles. The summed E-state index contributed by atoms with van der Waals surface area (Å²) >= 11 is 6.78. The average Bonchev–Trinajstić information content (AvgIpc) is 2.73. The Balaban J connectivity index is 2.11. The van der Waals surface area contributed by atoms with Gasteiger partial charge in [0.1, 0.15) is 0 Å². The first-order valence-corrected chi connectivity index (χ1v) is 10.5. The highest BCUT2D eigenvalue weighted by Crippen LogP contribution is 2.41. The van der Waals surface area contributed by atoms with Gasteiger partial charge in [0.15, 0.2) is 4.87 Å². The van der Waals surface area contributed by atoms with Crippen molar-refractivity contribution in [2.45, 2.75) is 22.7 Å². The summed E-state index contributed by atoms with van der Waals surface area (Å²) in [5, 5.41) is 9.96. The number of nitrogens with one attached hydrogen (secondary N) is 1. The number of rotatable bonds is 6. The maximum atomic E-state index is 13.0. The largest absolute Gasteiger partial charge is 0.241 e. The first-order chi connectivity index (χ1) is 13.4. The summed E-state index contributed by atoms with van der Waals surface area (Å²) in [5.74, 6) is 0.